The number of carbonyl (C=O) groups excluding carboxylic acids is 1. The number of halogens is 1. The van der Waals surface area contributed by atoms with Crippen molar-refractivity contribution in [1.82, 2.24) is 5.32 Å². The highest BCUT2D eigenvalue weighted by atomic mass is 35.5. The normalized spacial score (nSPS) is 14.0. The molecule has 0 aliphatic heterocycles. The van der Waals surface area contributed by atoms with Crippen LogP contribution in [0.4, 0.5) is 0 Å². The summed E-state index contributed by atoms with van der Waals surface area (Å²) in [6, 6.07) is 0. The first-order chi connectivity index (χ1) is 7.46. The Morgan fingerprint density at radius 3 is 2.41 bits per heavy atom. The number of rotatable bonds is 8. The van der Waals surface area contributed by atoms with E-state index in [9.17, 15) is 4.79 Å². The Morgan fingerprint density at radius 2 is 2.00 bits per heavy atom. The molecule has 0 rings (SSSR count). The molecule has 1 atom stereocenters. The van der Waals surface area contributed by atoms with Crippen LogP contribution in [-0.4, -0.2) is 31.7 Å². The molecule has 0 aromatic carbocycles. The van der Waals surface area contributed by atoms with Gasteiger partial charge in [0.15, 0.2) is 0 Å². The van der Waals surface area contributed by atoms with Crippen molar-refractivity contribution in [1.29, 1.82) is 0 Å². The van der Waals surface area contributed by atoms with Gasteiger partial charge in [-0.1, -0.05) is 13.8 Å². The van der Waals surface area contributed by atoms with Gasteiger partial charge in [0.05, 0.1) is 5.54 Å². The number of ether oxygens (including phenoxy) is 1. The first kappa shape index (κ1) is 19.0. The molecule has 3 N–H and O–H groups in total. The lowest BCUT2D eigenvalue weighted by atomic mass is 9.88. The summed E-state index contributed by atoms with van der Waals surface area (Å²) in [4.78, 5) is 11.7. The van der Waals surface area contributed by atoms with Crippen LogP contribution in [0.3, 0.4) is 0 Å². The summed E-state index contributed by atoms with van der Waals surface area (Å²) in [5.74, 6) is 0.415. The predicted molar refractivity (Wildman–Crippen MR) is 73.4 cm³/mol. The van der Waals surface area contributed by atoms with Gasteiger partial charge in [-0.05, 0) is 25.7 Å². The van der Waals surface area contributed by atoms with E-state index in [0.29, 0.717) is 25.5 Å². The van der Waals surface area contributed by atoms with Crippen LogP contribution in [0.15, 0.2) is 0 Å². The minimum Gasteiger partial charge on any atom is -0.385 e. The van der Waals surface area contributed by atoms with Crippen LogP contribution in [-0.2, 0) is 9.53 Å². The highest BCUT2D eigenvalue weighted by molar-refractivity contribution is 5.85. The van der Waals surface area contributed by atoms with Gasteiger partial charge in [-0.2, -0.15) is 0 Å². The largest absolute Gasteiger partial charge is 0.385 e. The average Bonchev–Trinajstić information content (AvgIpc) is 2.24. The van der Waals surface area contributed by atoms with E-state index in [1.807, 2.05) is 6.92 Å². The molecule has 0 aromatic rings. The summed E-state index contributed by atoms with van der Waals surface area (Å²) in [6.07, 6.45) is 2.33. The average molecular weight is 267 g/mol. The van der Waals surface area contributed by atoms with E-state index in [0.717, 1.165) is 12.8 Å². The topological polar surface area (TPSA) is 64.3 Å². The third-order valence-electron chi connectivity index (χ3n) is 3.13. The molecular formula is C12H27ClN2O2. The lowest BCUT2D eigenvalue weighted by molar-refractivity contribution is -0.123. The molecule has 0 spiro atoms. The Bertz CT molecular complexity index is 213. The van der Waals surface area contributed by atoms with E-state index in [1.54, 1.807) is 7.11 Å². The number of nitrogens with one attached hydrogen (secondary N) is 1. The van der Waals surface area contributed by atoms with Crippen molar-refractivity contribution in [3.63, 3.8) is 0 Å². The molecule has 4 nitrogen and oxygen atoms in total. The van der Waals surface area contributed by atoms with Gasteiger partial charge >= 0.3 is 0 Å². The molecule has 1 unspecified atom stereocenters. The quantitative estimate of drug-likeness (QED) is 0.658. The van der Waals surface area contributed by atoms with Crippen molar-refractivity contribution in [2.75, 3.05) is 20.3 Å². The van der Waals surface area contributed by atoms with Crippen LogP contribution < -0.4 is 11.1 Å². The van der Waals surface area contributed by atoms with Crippen molar-refractivity contribution in [2.24, 2.45) is 11.7 Å². The SMILES string of the molecule is COCCCCC(=O)NC(C)(CN)C(C)C.Cl. The third kappa shape index (κ3) is 7.58. The van der Waals surface area contributed by atoms with Gasteiger partial charge in [0.2, 0.25) is 5.91 Å². The predicted octanol–water partition coefficient (Wildman–Crippen LogP) is 1.71. The lowest BCUT2D eigenvalue weighted by Crippen LogP contribution is -2.54. The summed E-state index contributed by atoms with van der Waals surface area (Å²) in [5, 5.41) is 3.01. The van der Waals surface area contributed by atoms with Gasteiger partial charge in [-0.25, -0.2) is 0 Å². The van der Waals surface area contributed by atoms with Gasteiger partial charge in [0.1, 0.15) is 0 Å². The van der Waals surface area contributed by atoms with Crippen molar-refractivity contribution in [2.45, 2.75) is 45.6 Å². The number of unbranched alkanes of at least 4 members (excludes halogenated alkanes) is 1. The molecule has 0 saturated heterocycles. The van der Waals surface area contributed by atoms with Gasteiger partial charge in [0.25, 0.3) is 0 Å². The number of methoxy groups -OCH3 is 1. The number of nitrogens with two attached hydrogens (primary N) is 1. The van der Waals surface area contributed by atoms with Gasteiger partial charge in [-0.15, -0.1) is 12.4 Å². The summed E-state index contributed by atoms with van der Waals surface area (Å²) in [6.45, 7) is 7.31. The third-order valence-corrected chi connectivity index (χ3v) is 3.13. The van der Waals surface area contributed by atoms with E-state index in [-0.39, 0.29) is 23.9 Å². The molecule has 0 bridgehead atoms. The molecule has 0 aliphatic rings. The summed E-state index contributed by atoms with van der Waals surface area (Å²) in [7, 11) is 1.67. The van der Waals surface area contributed by atoms with E-state index in [2.05, 4.69) is 19.2 Å². The zero-order valence-corrected chi connectivity index (χ0v) is 12.2. The van der Waals surface area contributed by atoms with Crippen molar-refractivity contribution in [3.8, 4) is 0 Å². The molecule has 0 heterocycles. The van der Waals surface area contributed by atoms with Crippen molar-refractivity contribution in [3.05, 3.63) is 0 Å². The van der Waals surface area contributed by atoms with Crippen LogP contribution in [0.25, 0.3) is 0 Å². The summed E-state index contributed by atoms with van der Waals surface area (Å²) < 4.78 is 4.93. The molecular weight excluding hydrogens is 240 g/mol. The number of hydrogen-bond donors (Lipinski definition) is 2. The van der Waals surface area contributed by atoms with Gasteiger partial charge in [0, 0.05) is 26.7 Å². The zero-order valence-electron chi connectivity index (χ0n) is 11.4. The molecule has 0 radical (unpaired) electrons. The van der Waals surface area contributed by atoms with E-state index in [1.165, 1.54) is 0 Å². The Morgan fingerprint density at radius 1 is 1.41 bits per heavy atom. The molecule has 104 valence electrons. The Kier molecular flexibility index (Phi) is 10.8. The van der Waals surface area contributed by atoms with E-state index in [4.69, 9.17) is 10.5 Å². The fourth-order valence-corrected chi connectivity index (χ4v) is 1.34. The molecule has 0 fully saturated rings. The second kappa shape index (κ2) is 9.68. The number of hydrogen-bond acceptors (Lipinski definition) is 3. The fraction of sp³-hybridized carbons (Fsp3) is 0.917. The zero-order chi connectivity index (χ0) is 12.6. The van der Waals surface area contributed by atoms with Gasteiger partial charge in [-0.3, -0.25) is 4.79 Å². The Hall–Kier alpha value is -0.320. The maximum Gasteiger partial charge on any atom is 0.220 e. The van der Waals surface area contributed by atoms with Crippen LogP contribution in [0, 0.1) is 5.92 Å². The first-order valence-electron chi connectivity index (χ1n) is 5.96. The van der Waals surface area contributed by atoms with Crippen LogP contribution >= 0.6 is 12.4 Å². The molecule has 0 aliphatic carbocycles. The summed E-state index contributed by atoms with van der Waals surface area (Å²) in [5.41, 5.74) is 5.40. The van der Waals surface area contributed by atoms with Gasteiger partial charge < -0.3 is 15.8 Å². The second-order valence-electron chi connectivity index (χ2n) is 4.77. The second-order valence-corrected chi connectivity index (χ2v) is 4.77. The smallest absolute Gasteiger partial charge is 0.220 e. The minimum atomic E-state index is -0.293. The number of amides is 1. The minimum absolute atomic E-state index is 0. The standard InChI is InChI=1S/C12H26N2O2.ClH/c1-10(2)12(3,9-13)14-11(15)7-5-6-8-16-4;/h10H,5-9,13H2,1-4H3,(H,14,15);1H. The highest BCUT2D eigenvalue weighted by Gasteiger charge is 2.27. The Labute approximate surface area is 111 Å². The summed E-state index contributed by atoms with van der Waals surface area (Å²) >= 11 is 0. The molecule has 5 heteroatoms. The molecule has 0 aromatic heterocycles. The molecule has 0 saturated carbocycles. The molecule has 1 amide bonds. The highest BCUT2D eigenvalue weighted by Crippen LogP contribution is 2.15. The lowest BCUT2D eigenvalue weighted by Gasteiger charge is -2.33. The monoisotopic (exact) mass is 266 g/mol. The molecule has 17 heavy (non-hydrogen) atoms. The van der Waals surface area contributed by atoms with Crippen molar-refractivity contribution >= 4 is 18.3 Å². The maximum absolute atomic E-state index is 11.7. The van der Waals surface area contributed by atoms with Crippen LogP contribution in [0.2, 0.25) is 0 Å². The van der Waals surface area contributed by atoms with Crippen molar-refractivity contribution < 1.29 is 9.53 Å². The first-order valence-corrected chi connectivity index (χ1v) is 5.96. The number of carbonyl (C=O) groups is 1. The fourth-order valence-electron chi connectivity index (χ4n) is 1.34. The van der Waals surface area contributed by atoms with E-state index >= 15 is 0 Å². The van der Waals surface area contributed by atoms with Crippen LogP contribution in [0.1, 0.15) is 40.0 Å². The van der Waals surface area contributed by atoms with Crippen LogP contribution in [0.5, 0.6) is 0 Å². The Balaban J connectivity index is 0. The maximum atomic E-state index is 11.7. The van der Waals surface area contributed by atoms with E-state index < -0.39 is 0 Å².